The largest absolute Gasteiger partial charge is 0.472 e. The van der Waals surface area contributed by atoms with Crippen molar-refractivity contribution in [2.24, 2.45) is 5.92 Å². The number of nitrogens with zero attached hydrogens (tertiary/aromatic N) is 4. The summed E-state index contributed by atoms with van der Waals surface area (Å²) in [6.07, 6.45) is 3.89. The maximum Gasteiger partial charge on any atom is 0.257 e. The average molecular weight is 508 g/mol. The Balaban J connectivity index is 1.64. The van der Waals surface area contributed by atoms with Crippen molar-refractivity contribution < 1.29 is 14.6 Å². The molecule has 10 heteroatoms. The number of carbonyl (C=O) groups is 1. The van der Waals surface area contributed by atoms with Gasteiger partial charge in [0.2, 0.25) is 5.88 Å². The summed E-state index contributed by atoms with van der Waals surface area (Å²) in [6.45, 7) is 2.26. The second kappa shape index (κ2) is 10.2. The van der Waals surface area contributed by atoms with Crippen molar-refractivity contribution in [1.29, 1.82) is 0 Å². The SMILES string of the molecule is Cc1ncc(C(=O)N2C[C@H]([C@H](CO)Oc3ccc(Cl)cn3)[C@@H](c3ccc(Cl)c(Cl)c3)C2)cn1. The minimum atomic E-state index is -0.620. The Labute approximate surface area is 206 Å². The van der Waals surface area contributed by atoms with Crippen molar-refractivity contribution in [2.75, 3.05) is 19.7 Å². The molecular weight excluding hydrogens is 487 g/mol. The van der Waals surface area contributed by atoms with Crippen LogP contribution in [0.1, 0.15) is 27.7 Å². The zero-order chi connectivity index (χ0) is 23.5. The number of aliphatic hydroxyl groups excluding tert-OH is 1. The maximum atomic E-state index is 13.2. The van der Waals surface area contributed by atoms with E-state index >= 15 is 0 Å². The summed E-state index contributed by atoms with van der Waals surface area (Å²) in [4.78, 5) is 27.3. The number of aliphatic hydroxyl groups is 1. The van der Waals surface area contributed by atoms with E-state index in [1.54, 1.807) is 36.1 Å². The van der Waals surface area contributed by atoms with Gasteiger partial charge in [-0.1, -0.05) is 40.9 Å². The van der Waals surface area contributed by atoms with Crippen molar-refractivity contribution in [1.82, 2.24) is 19.9 Å². The number of carbonyl (C=O) groups excluding carboxylic acids is 1. The highest BCUT2D eigenvalue weighted by Crippen LogP contribution is 2.38. The number of hydrogen-bond acceptors (Lipinski definition) is 6. The first kappa shape index (κ1) is 23.7. The number of rotatable bonds is 6. The molecule has 0 spiro atoms. The molecule has 1 N–H and O–H groups in total. The van der Waals surface area contributed by atoms with Gasteiger partial charge >= 0.3 is 0 Å². The molecular formula is C23H21Cl3N4O3. The summed E-state index contributed by atoms with van der Waals surface area (Å²) in [5, 5.41) is 11.5. The molecule has 0 saturated carbocycles. The highest BCUT2D eigenvalue weighted by Gasteiger charge is 2.42. The van der Waals surface area contributed by atoms with Crippen LogP contribution < -0.4 is 4.74 Å². The van der Waals surface area contributed by atoms with Gasteiger partial charge in [-0.3, -0.25) is 4.79 Å². The smallest absolute Gasteiger partial charge is 0.257 e. The lowest BCUT2D eigenvalue weighted by molar-refractivity contribution is 0.0578. The fourth-order valence-corrected chi connectivity index (χ4v) is 4.42. The van der Waals surface area contributed by atoms with Crippen molar-refractivity contribution in [3.63, 3.8) is 0 Å². The summed E-state index contributed by atoms with van der Waals surface area (Å²) in [5.74, 6) is 0.343. The molecule has 1 aromatic carbocycles. The van der Waals surface area contributed by atoms with Crippen LogP contribution in [-0.4, -0.2) is 56.7 Å². The van der Waals surface area contributed by atoms with Gasteiger partial charge in [0.1, 0.15) is 11.9 Å². The standard InChI is InChI=1S/C23H21Cl3N4O3/c1-13-27-7-15(8-28-13)23(32)30-10-17(14-2-4-19(25)20(26)6-14)18(11-30)21(12-31)33-22-5-3-16(24)9-29-22/h2-9,17-18,21,31H,10-12H2,1H3/t17-,18+,21+/m1/s1. The van der Waals surface area contributed by atoms with E-state index in [9.17, 15) is 9.90 Å². The molecule has 1 amide bonds. The Kier molecular flexibility index (Phi) is 7.34. The monoisotopic (exact) mass is 506 g/mol. The lowest BCUT2D eigenvalue weighted by Crippen LogP contribution is -2.36. The van der Waals surface area contributed by atoms with Crippen molar-refractivity contribution >= 4 is 40.7 Å². The van der Waals surface area contributed by atoms with Gasteiger partial charge in [-0.05, 0) is 30.7 Å². The zero-order valence-corrected chi connectivity index (χ0v) is 19.9. The van der Waals surface area contributed by atoms with E-state index in [0.717, 1.165) is 5.56 Å². The van der Waals surface area contributed by atoms with Crippen LogP contribution in [-0.2, 0) is 0 Å². The van der Waals surface area contributed by atoms with Crippen molar-refractivity contribution in [3.8, 4) is 5.88 Å². The predicted octanol–water partition coefficient (Wildman–Crippen LogP) is 4.44. The van der Waals surface area contributed by atoms with Gasteiger partial charge in [0.25, 0.3) is 5.91 Å². The predicted molar refractivity (Wildman–Crippen MR) is 126 cm³/mol. The molecule has 0 bridgehead atoms. The summed E-state index contributed by atoms with van der Waals surface area (Å²) in [5.41, 5.74) is 1.30. The van der Waals surface area contributed by atoms with E-state index in [0.29, 0.717) is 45.4 Å². The molecule has 1 aliphatic rings. The Morgan fingerprint density at radius 3 is 2.48 bits per heavy atom. The molecule has 33 heavy (non-hydrogen) atoms. The fourth-order valence-electron chi connectivity index (χ4n) is 4.00. The molecule has 0 aliphatic carbocycles. The second-order valence-electron chi connectivity index (χ2n) is 7.83. The number of pyridine rings is 1. The number of benzene rings is 1. The van der Waals surface area contributed by atoms with E-state index in [1.807, 2.05) is 6.07 Å². The van der Waals surface area contributed by atoms with Crippen LogP contribution in [0, 0.1) is 12.8 Å². The van der Waals surface area contributed by atoms with Crippen LogP contribution in [0.15, 0.2) is 48.9 Å². The molecule has 2 aromatic heterocycles. The summed E-state index contributed by atoms with van der Waals surface area (Å²) in [7, 11) is 0. The number of likely N-dealkylation sites (tertiary alicyclic amines) is 1. The maximum absolute atomic E-state index is 13.2. The van der Waals surface area contributed by atoms with Crippen molar-refractivity contribution in [3.05, 3.63) is 80.9 Å². The van der Waals surface area contributed by atoms with Crippen LogP contribution in [0.2, 0.25) is 15.1 Å². The molecule has 1 saturated heterocycles. The van der Waals surface area contributed by atoms with E-state index in [2.05, 4.69) is 15.0 Å². The van der Waals surface area contributed by atoms with Crippen LogP contribution in [0.3, 0.4) is 0 Å². The third kappa shape index (κ3) is 5.38. The van der Waals surface area contributed by atoms with E-state index in [1.165, 1.54) is 18.6 Å². The zero-order valence-electron chi connectivity index (χ0n) is 17.7. The Morgan fingerprint density at radius 2 is 1.85 bits per heavy atom. The molecule has 1 fully saturated rings. The van der Waals surface area contributed by atoms with Gasteiger partial charge < -0.3 is 14.7 Å². The molecule has 1 aliphatic heterocycles. The first-order valence-electron chi connectivity index (χ1n) is 10.3. The lowest BCUT2D eigenvalue weighted by Gasteiger charge is -2.27. The molecule has 0 unspecified atom stereocenters. The minimum absolute atomic E-state index is 0.153. The normalized spacial score (nSPS) is 18.9. The topological polar surface area (TPSA) is 88.4 Å². The first-order chi connectivity index (χ1) is 15.9. The molecule has 0 radical (unpaired) electrons. The van der Waals surface area contributed by atoms with E-state index in [-0.39, 0.29) is 24.3 Å². The van der Waals surface area contributed by atoms with Crippen LogP contribution >= 0.6 is 34.8 Å². The van der Waals surface area contributed by atoms with Crippen molar-refractivity contribution in [2.45, 2.75) is 18.9 Å². The highest BCUT2D eigenvalue weighted by atomic mass is 35.5. The Morgan fingerprint density at radius 1 is 1.09 bits per heavy atom. The Hall–Kier alpha value is -2.45. The summed E-state index contributed by atoms with van der Waals surface area (Å²) >= 11 is 18.3. The van der Waals surface area contributed by atoms with E-state index in [4.69, 9.17) is 39.5 Å². The number of aryl methyl sites for hydroxylation is 1. The lowest BCUT2D eigenvalue weighted by atomic mass is 9.85. The summed E-state index contributed by atoms with van der Waals surface area (Å²) < 4.78 is 6.02. The molecule has 4 rings (SSSR count). The molecule has 172 valence electrons. The van der Waals surface area contributed by atoms with Gasteiger partial charge in [-0.25, -0.2) is 15.0 Å². The fraction of sp³-hybridized carbons (Fsp3) is 0.304. The molecule has 3 atom stereocenters. The molecule has 3 aromatic rings. The number of aromatic nitrogens is 3. The number of ether oxygens (including phenoxy) is 1. The number of amides is 1. The minimum Gasteiger partial charge on any atom is -0.472 e. The van der Waals surface area contributed by atoms with E-state index < -0.39 is 6.10 Å². The first-order valence-corrected chi connectivity index (χ1v) is 11.4. The van der Waals surface area contributed by atoms with Crippen LogP contribution in [0.4, 0.5) is 0 Å². The quantitative estimate of drug-likeness (QED) is 0.531. The Bertz CT molecular complexity index is 1130. The number of hydrogen-bond donors (Lipinski definition) is 1. The van der Waals surface area contributed by atoms with Gasteiger partial charge in [0, 0.05) is 49.6 Å². The van der Waals surface area contributed by atoms with Crippen LogP contribution in [0.5, 0.6) is 5.88 Å². The third-order valence-corrected chi connectivity index (χ3v) is 6.64. The number of halogens is 3. The second-order valence-corrected chi connectivity index (χ2v) is 9.08. The third-order valence-electron chi connectivity index (χ3n) is 5.68. The molecule has 3 heterocycles. The highest BCUT2D eigenvalue weighted by molar-refractivity contribution is 6.42. The van der Waals surface area contributed by atoms with Gasteiger partial charge in [-0.15, -0.1) is 0 Å². The van der Waals surface area contributed by atoms with Gasteiger partial charge in [0.05, 0.1) is 27.2 Å². The van der Waals surface area contributed by atoms with Crippen LogP contribution in [0.25, 0.3) is 0 Å². The molecule has 7 nitrogen and oxygen atoms in total. The summed E-state index contributed by atoms with van der Waals surface area (Å²) in [6, 6.07) is 8.70. The van der Waals surface area contributed by atoms with Gasteiger partial charge in [-0.2, -0.15) is 0 Å². The van der Waals surface area contributed by atoms with Gasteiger partial charge in [0.15, 0.2) is 0 Å². The average Bonchev–Trinajstić information content (AvgIpc) is 3.26.